The number of aromatic nitrogens is 4. The van der Waals surface area contributed by atoms with Crippen LogP contribution >= 0.6 is 0 Å². The molecule has 50 heavy (non-hydrogen) atoms. The summed E-state index contributed by atoms with van der Waals surface area (Å²) in [5.41, 5.74) is 12.2. The Balaban J connectivity index is 1.41. The molecule has 0 amide bonds. The summed E-state index contributed by atoms with van der Waals surface area (Å²) in [5, 5.41) is 2.31. The van der Waals surface area contributed by atoms with Crippen LogP contribution in [0.15, 0.2) is 182 Å². The van der Waals surface area contributed by atoms with Gasteiger partial charge in [0.2, 0.25) is 0 Å². The zero-order valence-electron chi connectivity index (χ0n) is 27.1. The lowest BCUT2D eigenvalue weighted by Gasteiger charge is -2.35. The summed E-state index contributed by atoms with van der Waals surface area (Å²) in [6.45, 7) is -0.122. The van der Waals surface area contributed by atoms with Crippen molar-refractivity contribution in [3.8, 4) is 22.6 Å². The number of fused-ring (bicyclic) bond motifs is 6. The van der Waals surface area contributed by atoms with Crippen LogP contribution in [-0.2, 0) is 0 Å². The van der Waals surface area contributed by atoms with Gasteiger partial charge in [0.25, 0.3) is 6.71 Å². The highest BCUT2D eigenvalue weighted by Gasteiger charge is 2.44. The molecule has 6 heteroatoms. The van der Waals surface area contributed by atoms with E-state index in [4.69, 9.17) is 9.97 Å². The van der Waals surface area contributed by atoms with E-state index in [1.54, 1.807) is 0 Å². The topological polar surface area (TPSA) is 38.9 Å². The minimum Gasteiger partial charge on any atom is -0.319 e. The molecule has 5 nitrogen and oxygen atoms in total. The summed E-state index contributed by atoms with van der Waals surface area (Å²) >= 11 is 0. The minimum atomic E-state index is -0.122. The summed E-state index contributed by atoms with van der Waals surface area (Å²) < 4.78 is 4.92. The van der Waals surface area contributed by atoms with Crippen molar-refractivity contribution >= 4 is 62.4 Å². The molecule has 0 spiro atoms. The van der Waals surface area contributed by atoms with E-state index in [2.05, 4.69) is 166 Å². The summed E-state index contributed by atoms with van der Waals surface area (Å²) in [7, 11) is 0. The second kappa shape index (κ2) is 11.5. The number of hydrogen-bond donors (Lipinski definition) is 0. The van der Waals surface area contributed by atoms with E-state index < -0.39 is 0 Å². The third-order valence-electron chi connectivity index (χ3n) is 9.84. The number of nitrogens with zero attached hydrogens (tertiary/aromatic N) is 5. The average Bonchev–Trinajstić information content (AvgIpc) is 3.72. The fourth-order valence-corrected chi connectivity index (χ4v) is 7.84. The molecule has 0 saturated carbocycles. The average molecular weight is 640 g/mol. The summed E-state index contributed by atoms with van der Waals surface area (Å²) in [6, 6.07) is 60.3. The normalized spacial score (nSPS) is 12.3. The maximum atomic E-state index is 5.38. The lowest BCUT2D eigenvalue weighted by molar-refractivity contribution is 1.11. The molecule has 3 aromatic heterocycles. The molecule has 1 aliphatic rings. The monoisotopic (exact) mass is 639 g/mol. The highest BCUT2D eigenvalue weighted by Crippen LogP contribution is 2.45. The van der Waals surface area contributed by atoms with Crippen molar-refractivity contribution in [1.82, 2.24) is 19.1 Å². The van der Waals surface area contributed by atoms with Gasteiger partial charge in [-0.3, -0.25) is 9.88 Å². The van der Waals surface area contributed by atoms with Crippen molar-refractivity contribution in [2.45, 2.75) is 0 Å². The molecule has 234 valence electrons. The number of rotatable bonds is 5. The minimum absolute atomic E-state index is 0.122. The number of hydrogen-bond acceptors (Lipinski definition) is 3. The van der Waals surface area contributed by atoms with Gasteiger partial charge in [-0.25, -0.2) is 4.98 Å². The Labute approximate surface area is 290 Å². The zero-order chi connectivity index (χ0) is 33.0. The van der Waals surface area contributed by atoms with Crippen LogP contribution in [0.5, 0.6) is 0 Å². The van der Waals surface area contributed by atoms with E-state index in [-0.39, 0.29) is 6.71 Å². The van der Waals surface area contributed by atoms with E-state index >= 15 is 0 Å². The molecule has 0 aliphatic carbocycles. The second-order valence-electron chi connectivity index (χ2n) is 12.7. The van der Waals surface area contributed by atoms with Gasteiger partial charge in [0.05, 0.1) is 40.5 Å². The Kier molecular flexibility index (Phi) is 6.52. The molecule has 0 atom stereocenters. The fourth-order valence-electron chi connectivity index (χ4n) is 7.84. The molecule has 6 aromatic carbocycles. The first kappa shape index (κ1) is 28.4. The van der Waals surface area contributed by atoms with E-state index in [0.717, 1.165) is 61.6 Å². The van der Waals surface area contributed by atoms with Gasteiger partial charge in [-0.2, -0.15) is 0 Å². The Hall–Kier alpha value is -6.66. The third kappa shape index (κ3) is 4.28. The van der Waals surface area contributed by atoms with Crippen LogP contribution in [-0.4, -0.2) is 25.8 Å². The van der Waals surface area contributed by atoms with Gasteiger partial charge in [0.15, 0.2) is 5.82 Å². The van der Waals surface area contributed by atoms with Crippen LogP contribution < -0.4 is 21.5 Å². The Bertz CT molecular complexity index is 2520. The SMILES string of the molecule is c1ccc(B2c3c(c4ccccc4n3-c3ccccc3)N(c3cncc(-c4ccccc4)n3)c3c2n(-c2ccccc2)c2ccccc32)cc1. The summed E-state index contributed by atoms with van der Waals surface area (Å²) in [6.07, 6.45) is 3.77. The summed E-state index contributed by atoms with van der Waals surface area (Å²) in [5.74, 6) is 0.771. The van der Waals surface area contributed by atoms with Crippen molar-refractivity contribution in [3.05, 3.63) is 182 Å². The molecule has 0 saturated heterocycles. The predicted octanol–water partition coefficient (Wildman–Crippen LogP) is 8.33. The van der Waals surface area contributed by atoms with Crippen molar-refractivity contribution in [3.63, 3.8) is 0 Å². The quantitative estimate of drug-likeness (QED) is 0.178. The lowest BCUT2D eigenvalue weighted by Crippen LogP contribution is -2.60. The molecule has 0 unspecified atom stereocenters. The summed E-state index contributed by atoms with van der Waals surface area (Å²) in [4.78, 5) is 12.6. The molecule has 4 heterocycles. The van der Waals surface area contributed by atoms with E-state index in [1.807, 2.05) is 30.6 Å². The maximum Gasteiger partial charge on any atom is 0.289 e. The zero-order valence-corrected chi connectivity index (χ0v) is 27.1. The van der Waals surface area contributed by atoms with Gasteiger partial charge < -0.3 is 9.13 Å². The second-order valence-corrected chi connectivity index (χ2v) is 12.7. The number of para-hydroxylation sites is 4. The highest BCUT2D eigenvalue weighted by molar-refractivity contribution is 6.98. The van der Waals surface area contributed by atoms with Crippen LogP contribution in [0.4, 0.5) is 17.2 Å². The number of benzene rings is 6. The van der Waals surface area contributed by atoms with E-state index in [1.165, 1.54) is 16.6 Å². The molecular formula is C44H30BN5. The third-order valence-corrected chi connectivity index (χ3v) is 9.84. The smallest absolute Gasteiger partial charge is 0.289 e. The molecule has 0 radical (unpaired) electrons. The van der Waals surface area contributed by atoms with Gasteiger partial charge in [-0.05, 0) is 36.4 Å². The number of anilines is 3. The van der Waals surface area contributed by atoms with Crippen molar-refractivity contribution in [2.24, 2.45) is 0 Å². The Morgan fingerprint density at radius 3 is 1.44 bits per heavy atom. The highest BCUT2D eigenvalue weighted by atomic mass is 15.3. The van der Waals surface area contributed by atoms with Gasteiger partial charge >= 0.3 is 0 Å². The van der Waals surface area contributed by atoms with Gasteiger partial charge in [0, 0.05) is 38.9 Å². The molecule has 0 N–H and O–H groups in total. The van der Waals surface area contributed by atoms with Crippen LogP contribution in [0.1, 0.15) is 0 Å². The fraction of sp³-hybridized carbons (Fsp3) is 0. The first-order valence-electron chi connectivity index (χ1n) is 17.0. The first-order valence-corrected chi connectivity index (χ1v) is 17.0. The van der Waals surface area contributed by atoms with Gasteiger partial charge in [-0.1, -0.05) is 139 Å². The van der Waals surface area contributed by atoms with Crippen LogP contribution in [0.25, 0.3) is 44.4 Å². The molecule has 1 aliphatic heterocycles. The Morgan fingerprint density at radius 1 is 0.440 bits per heavy atom. The van der Waals surface area contributed by atoms with Crippen molar-refractivity contribution in [1.29, 1.82) is 0 Å². The van der Waals surface area contributed by atoms with Crippen LogP contribution in [0.3, 0.4) is 0 Å². The molecular weight excluding hydrogens is 609 g/mol. The standard InChI is InChI=1S/C44H30BN5/c1-5-17-31(18-6-1)37-29-46-30-40(47-37)50-41-35-25-13-15-27-38(35)48(33-21-9-3-10-22-33)43(41)45(32-19-7-2-8-20-32)44-42(50)36-26-14-16-28-39(36)49(44)34-23-11-4-12-24-34/h1-30H. The van der Waals surface area contributed by atoms with Gasteiger partial charge in [0.1, 0.15) is 0 Å². The van der Waals surface area contributed by atoms with Gasteiger partial charge in [-0.15, -0.1) is 0 Å². The molecule has 10 rings (SSSR count). The van der Waals surface area contributed by atoms with Crippen molar-refractivity contribution in [2.75, 3.05) is 4.90 Å². The van der Waals surface area contributed by atoms with E-state index in [9.17, 15) is 0 Å². The largest absolute Gasteiger partial charge is 0.319 e. The van der Waals surface area contributed by atoms with Crippen molar-refractivity contribution < 1.29 is 0 Å². The lowest BCUT2D eigenvalue weighted by atomic mass is 9.38. The van der Waals surface area contributed by atoms with E-state index in [0.29, 0.717) is 0 Å². The molecule has 0 bridgehead atoms. The maximum absolute atomic E-state index is 5.38. The first-order chi connectivity index (χ1) is 24.9. The molecule has 0 fully saturated rings. The van der Waals surface area contributed by atoms with Crippen LogP contribution in [0, 0.1) is 0 Å². The Morgan fingerprint density at radius 2 is 0.900 bits per heavy atom. The van der Waals surface area contributed by atoms with Crippen LogP contribution in [0.2, 0.25) is 0 Å². The predicted molar refractivity (Wildman–Crippen MR) is 207 cm³/mol. The molecule has 9 aromatic rings.